The van der Waals surface area contributed by atoms with E-state index in [9.17, 15) is 18.0 Å². The summed E-state index contributed by atoms with van der Waals surface area (Å²) in [6, 6.07) is 6.89. The normalized spacial score (nSPS) is 22.1. The van der Waals surface area contributed by atoms with E-state index in [4.69, 9.17) is 10.6 Å². The number of carbonyl (C=O) groups is 1. The van der Waals surface area contributed by atoms with Gasteiger partial charge in [0.1, 0.15) is 27.4 Å². The first-order valence-corrected chi connectivity index (χ1v) is 11.0. The van der Waals surface area contributed by atoms with Gasteiger partial charge in [0, 0.05) is 12.6 Å². The lowest BCUT2D eigenvalue weighted by Gasteiger charge is -2.46. The fraction of sp³-hybridized carbons (Fsp3) is 0.364. The zero-order valence-corrected chi connectivity index (χ0v) is 18.5. The van der Waals surface area contributed by atoms with Crippen molar-refractivity contribution in [3.05, 3.63) is 70.5 Å². The monoisotopic (exact) mass is 464 g/mol. The van der Waals surface area contributed by atoms with Crippen LogP contribution in [0.5, 0.6) is 0 Å². The zero-order chi connectivity index (χ0) is 23.0. The Morgan fingerprint density at radius 3 is 2.72 bits per heavy atom. The molecule has 0 aromatic heterocycles. The predicted octanol–water partition coefficient (Wildman–Crippen LogP) is 4.19. The van der Waals surface area contributed by atoms with E-state index in [1.165, 1.54) is 31.3 Å². The van der Waals surface area contributed by atoms with E-state index in [2.05, 4.69) is 5.10 Å². The highest BCUT2D eigenvalue weighted by atomic mass is 32.2. The van der Waals surface area contributed by atoms with Gasteiger partial charge >= 0.3 is 6.03 Å². The van der Waals surface area contributed by atoms with Crippen molar-refractivity contribution in [3.8, 4) is 0 Å². The Hall–Kier alpha value is -2.56. The Morgan fingerprint density at radius 2 is 2.00 bits per heavy atom. The number of nitrogens with two attached hydrogens (primary N) is 1. The van der Waals surface area contributed by atoms with Crippen molar-refractivity contribution in [1.29, 1.82) is 0 Å². The molecule has 2 aromatic rings. The summed E-state index contributed by atoms with van der Waals surface area (Å²) < 4.78 is 43.0. The molecule has 170 valence electrons. The molecule has 1 aliphatic heterocycles. The Labute approximate surface area is 188 Å². The van der Waals surface area contributed by atoms with Crippen LogP contribution < -0.4 is 5.73 Å². The van der Waals surface area contributed by atoms with Crippen LogP contribution in [-0.4, -0.2) is 41.8 Å². The molecule has 1 spiro atoms. The Kier molecular flexibility index (Phi) is 6.19. The van der Waals surface area contributed by atoms with Crippen molar-refractivity contribution in [1.82, 2.24) is 10.1 Å². The fourth-order valence-electron chi connectivity index (χ4n) is 4.35. The summed E-state index contributed by atoms with van der Waals surface area (Å²) in [7, 11) is 2.75. The molecule has 32 heavy (non-hydrogen) atoms. The maximum atomic E-state index is 14.7. The van der Waals surface area contributed by atoms with Crippen LogP contribution >= 0.6 is 11.8 Å². The van der Waals surface area contributed by atoms with E-state index in [1.54, 1.807) is 6.07 Å². The third kappa shape index (κ3) is 3.66. The number of nitrogens with zero attached hydrogens (tertiary/aromatic N) is 3. The Balaban J connectivity index is 1.94. The van der Waals surface area contributed by atoms with Gasteiger partial charge in [0.15, 0.2) is 0 Å². The van der Waals surface area contributed by atoms with Gasteiger partial charge in [-0.2, -0.15) is 10.1 Å². The molecule has 0 saturated carbocycles. The molecule has 2 atom stereocenters. The number of hydrogen-bond acceptors (Lipinski definition) is 5. The van der Waals surface area contributed by atoms with Crippen LogP contribution in [0.15, 0.2) is 41.5 Å². The second kappa shape index (κ2) is 8.76. The van der Waals surface area contributed by atoms with Gasteiger partial charge in [0.2, 0.25) is 0 Å². The molecule has 10 heteroatoms. The van der Waals surface area contributed by atoms with Gasteiger partial charge in [-0.15, -0.1) is 0 Å². The topological polar surface area (TPSA) is 71.2 Å². The maximum absolute atomic E-state index is 14.7. The average molecular weight is 465 g/mol. The summed E-state index contributed by atoms with van der Waals surface area (Å²) in [5.41, 5.74) is 7.25. The summed E-state index contributed by atoms with van der Waals surface area (Å²) in [6.45, 7) is 0.337. The van der Waals surface area contributed by atoms with E-state index in [-0.39, 0.29) is 16.5 Å². The van der Waals surface area contributed by atoms with Crippen molar-refractivity contribution in [2.45, 2.75) is 24.1 Å². The summed E-state index contributed by atoms with van der Waals surface area (Å²) in [5, 5.41) is 6.76. The molecule has 0 radical (unpaired) electrons. The quantitative estimate of drug-likeness (QED) is 0.689. The van der Waals surface area contributed by atoms with Gasteiger partial charge < -0.3 is 5.73 Å². The SMILES string of the molecule is CON(C)C(=O)N1N=C(c2cc(F)ccc2F)S[C@@]12c1cc(F)ccc1CC[C@H]2CCN. The molecule has 0 fully saturated rings. The van der Waals surface area contributed by atoms with Crippen LogP contribution in [0.25, 0.3) is 0 Å². The van der Waals surface area contributed by atoms with Gasteiger partial charge in [-0.1, -0.05) is 17.8 Å². The number of benzene rings is 2. The molecular weight excluding hydrogens is 441 g/mol. The molecule has 4 rings (SSSR count). The lowest BCUT2D eigenvalue weighted by atomic mass is 9.77. The van der Waals surface area contributed by atoms with Gasteiger partial charge in [-0.05, 0) is 73.2 Å². The molecule has 6 nitrogen and oxygen atoms in total. The largest absolute Gasteiger partial charge is 0.365 e. The number of hydrogen-bond donors (Lipinski definition) is 1. The molecule has 2 aliphatic rings. The third-order valence-corrected chi connectivity index (χ3v) is 7.46. The fourth-order valence-corrected chi connectivity index (χ4v) is 5.95. The van der Waals surface area contributed by atoms with Crippen molar-refractivity contribution in [2.24, 2.45) is 16.8 Å². The van der Waals surface area contributed by atoms with Crippen LogP contribution in [0, 0.1) is 23.4 Å². The van der Waals surface area contributed by atoms with Crippen LogP contribution in [-0.2, 0) is 16.1 Å². The van der Waals surface area contributed by atoms with Gasteiger partial charge in [-0.25, -0.2) is 23.0 Å². The first-order valence-electron chi connectivity index (χ1n) is 10.2. The van der Waals surface area contributed by atoms with Gasteiger partial charge in [0.05, 0.1) is 7.11 Å². The van der Waals surface area contributed by atoms with E-state index >= 15 is 0 Å². The second-order valence-corrected chi connectivity index (χ2v) is 8.93. The van der Waals surface area contributed by atoms with Crippen LogP contribution in [0.3, 0.4) is 0 Å². The number of fused-ring (bicyclic) bond motifs is 2. The smallest absolute Gasteiger partial charge is 0.330 e. The Morgan fingerprint density at radius 1 is 1.28 bits per heavy atom. The number of hydrazone groups is 1. The molecule has 2 aromatic carbocycles. The Bertz CT molecular complexity index is 1080. The van der Waals surface area contributed by atoms with Crippen molar-refractivity contribution in [2.75, 3.05) is 20.7 Å². The number of aryl methyl sites for hydroxylation is 1. The molecule has 0 bridgehead atoms. The average Bonchev–Trinajstić information content (AvgIpc) is 3.17. The number of carbonyl (C=O) groups excluding carboxylic acids is 1. The molecule has 0 unspecified atom stereocenters. The van der Waals surface area contributed by atoms with Crippen molar-refractivity contribution < 1.29 is 22.8 Å². The second-order valence-electron chi connectivity index (χ2n) is 7.72. The highest BCUT2D eigenvalue weighted by Gasteiger charge is 2.56. The van der Waals surface area contributed by atoms with Crippen LogP contribution in [0.2, 0.25) is 0 Å². The summed E-state index contributed by atoms with van der Waals surface area (Å²) >= 11 is 1.12. The van der Waals surface area contributed by atoms with E-state index < -0.39 is 28.4 Å². The summed E-state index contributed by atoms with van der Waals surface area (Å²) in [5.74, 6) is -1.98. The molecule has 2 amide bonds. The maximum Gasteiger partial charge on any atom is 0.365 e. The molecule has 0 saturated heterocycles. The minimum absolute atomic E-state index is 0.0697. The van der Waals surface area contributed by atoms with Crippen molar-refractivity contribution >= 4 is 22.8 Å². The van der Waals surface area contributed by atoms with Crippen LogP contribution in [0.4, 0.5) is 18.0 Å². The van der Waals surface area contributed by atoms with E-state index in [0.717, 1.165) is 40.6 Å². The van der Waals surface area contributed by atoms with E-state index in [1.807, 2.05) is 0 Å². The molecule has 1 aliphatic carbocycles. The lowest BCUT2D eigenvalue weighted by molar-refractivity contribution is -0.0832. The highest BCUT2D eigenvalue weighted by molar-refractivity contribution is 8.15. The molecular formula is C22H23F3N4O2S. The molecule has 2 N–H and O–H groups in total. The molecule has 1 heterocycles. The lowest BCUT2D eigenvalue weighted by Crippen LogP contribution is -2.53. The number of urea groups is 1. The van der Waals surface area contributed by atoms with Gasteiger partial charge in [0.25, 0.3) is 0 Å². The summed E-state index contributed by atoms with van der Waals surface area (Å²) in [6.07, 6.45) is 1.87. The van der Waals surface area contributed by atoms with Gasteiger partial charge in [-0.3, -0.25) is 4.84 Å². The standard InChI is InChI=1S/C22H23F3N4O2S/c1-28(31-2)21(30)29-22(32-20(27-29)17-11-15(23)7-8-19(17)25)14(9-10-26)5-3-13-4-6-16(24)12-18(13)22/h4,6-8,11-12,14H,3,5,9-10,26H2,1-2H3/t14-,22-/m0/s1. The van der Waals surface area contributed by atoms with Crippen LogP contribution in [0.1, 0.15) is 29.5 Å². The number of halogens is 3. The predicted molar refractivity (Wildman–Crippen MR) is 116 cm³/mol. The third-order valence-electron chi connectivity index (χ3n) is 5.93. The number of amides is 2. The number of thioether (sulfide) groups is 1. The minimum atomic E-state index is -1.19. The summed E-state index contributed by atoms with van der Waals surface area (Å²) in [4.78, 5) is 17.2. The number of rotatable bonds is 4. The van der Waals surface area contributed by atoms with Crippen molar-refractivity contribution in [3.63, 3.8) is 0 Å². The number of hydroxylamine groups is 2. The first kappa shape index (κ1) is 22.6. The highest BCUT2D eigenvalue weighted by Crippen LogP contribution is 2.57. The minimum Gasteiger partial charge on any atom is -0.330 e. The zero-order valence-electron chi connectivity index (χ0n) is 17.6. The first-order chi connectivity index (χ1) is 15.3. The van der Waals surface area contributed by atoms with E-state index in [0.29, 0.717) is 31.4 Å².